The molecule has 2 N–H and O–H groups in total. The molecule has 1 radical (unpaired) electrons. The SMILES string of the molecule is C[CH]C(N)n1ccc2cc(Cl)c3ncccc3c21. The molecule has 3 nitrogen and oxygen atoms in total. The molecule has 18 heavy (non-hydrogen) atoms. The van der Waals surface area contributed by atoms with Crippen LogP contribution in [-0.4, -0.2) is 9.55 Å². The number of benzene rings is 1. The number of nitrogens with two attached hydrogens (primary N) is 1. The van der Waals surface area contributed by atoms with Gasteiger partial charge in [-0.25, -0.2) is 0 Å². The highest BCUT2D eigenvalue weighted by molar-refractivity contribution is 6.36. The van der Waals surface area contributed by atoms with Gasteiger partial charge >= 0.3 is 0 Å². The second-order valence-corrected chi connectivity index (χ2v) is 4.65. The number of rotatable bonds is 2. The first-order valence-electron chi connectivity index (χ1n) is 5.81. The Hall–Kier alpha value is -1.58. The molecule has 3 aromatic rings. The Morgan fingerprint density at radius 3 is 3.06 bits per heavy atom. The predicted molar refractivity (Wildman–Crippen MR) is 75.4 cm³/mol. The van der Waals surface area contributed by atoms with E-state index in [-0.39, 0.29) is 6.17 Å². The Kier molecular flexibility index (Phi) is 2.73. The average molecular weight is 259 g/mol. The van der Waals surface area contributed by atoms with Crippen LogP contribution >= 0.6 is 11.6 Å². The summed E-state index contributed by atoms with van der Waals surface area (Å²) < 4.78 is 2.04. The van der Waals surface area contributed by atoms with Crippen molar-refractivity contribution < 1.29 is 0 Å². The highest BCUT2D eigenvalue weighted by atomic mass is 35.5. The van der Waals surface area contributed by atoms with Crippen LogP contribution in [0.15, 0.2) is 36.7 Å². The molecule has 2 aromatic heterocycles. The highest BCUT2D eigenvalue weighted by Crippen LogP contribution is 2.32. The normalized spacial score (nSPS) is 13.3. The molecule has 1 unspecified atom stereocenters. The number of halogens is 1. The highest BCUT2D eigenvalue weighted by Gasteiger charge is 2.12. The predicted octanol–water partition coefficient (Wildman–Crippen LogP) is 3.52. The van der Waals surface area contributed by atoms with Crippen LogP contribution < -0.4 is 5.73 Å². The first-order valence-corrected chi connectivity index (χ1v) is 6.19. The number of hydrogen-bond acceptors (Lipinski definition) is 2. The zero-order valence-electron chi connectivity index (χ0n) is 9.97. The maximum atomic E-state index is 6.25. The lowest BCUT2D eigenvalue weighted by molar-refractivity contribution is 0.614. The van der Waals surface area contributed by atoms with Gasteiger partial charge in [0.1, 0.15) is 0 Å². The molecule has 0 aliphatic rings. The number of fused-ring (bicyclic) bond motifs is 3. The van der Waals surface area contributed by atoms with Gasteiger partial charge in [0.15, 0.2) is 0 Å². The van der Waals surface area contributed by atoms with E-state index in [1.165, 1.54) is 0 Å². The van der Waals surface area contributed by atoms with Gasteiger partial charge in [-0.2, -0.15) is 0 Å². The van der Waals surface area contributed by atoms with Gasteiger partial charge < -0.3 is 10.3 Å². The van der Waals surface area contributed by atoms with E-state index in [0.29, 0.717) is 5.02 Å². The van der Waals surface area contributed by atoms with Gasteiger partial charge in [-0.15, -0.1) is 0 Å². The van der Waals surface area contributed by atoms with Gasteiger partial charge in [-0.05, 0) is 30.7 Å². The van der Waals surface area contributed by atoms with E-state index >= 15 is 0 Å². The van der Waals surface area contributed by atoms with Crippen LogP contribution in [0.1, 0.15) is 13.1 Å². The third-order valence-electron chi connectivity index (χ3n) is 3.18. The summed E-state index contributed by atoms with van der Waals surface area (Å²) in [5.74, 6) is 0. The van der Waals surface area contributed by atoms with E-state index in [1.807, 2.05) is 48.4 Å². The first-order chi connectivity index (χ1) is 8.72. The average Bonchev–Trinajstić information content (AvgIpc) is 2.82. The van der Waals surface area contributed by atoms with Crippen molar-refractivity contribution in [2.45, 2.75) is 13.1 Å². The van der Waals surface area contributed by atoms with Gasteiger partial charge in [-0.3, -0.25) is 4.98 Å². The van der Waals surface area contributed by atoms with E-state index in [9.17, 15) is 0 Å². The van der Waals surface area contributed by atoms with Crippen molar-refractivity contribution >= 4 is 33.4 Å². The Labute approximate surface area is 110 Å². The maximum absolute atomic E-state index is 6.25. The van der Waals surface area contributed by atoms with E-state index in [2.05, 4.69) is 4.98 Å². The Balaban J connectivity index is 2.46. The maximum Gasteiger partial charge on any atom is 0.0909 e. The van der Waals surface area contributed by atoms with Crippen molar-refractivity contribution in [1.82, 2.24) is 9.55 Å². The molecule has 3 rings (SSSR count). The largest absolute Gasteiger partial charge is 0.331 e. The molecule has 2 heterocycles. The first kappa shape index (κ1) is 11.5. The zero-order chi connectivity index (χ0) is 12.7. The molecule has 4 heteroatoms. The third-order valence-corrected chi connectivity index (χ3v) is 3.47. The lowest BCUT2D eigenvalue weighted by Crippen LogP contribution is -2.17. The Morgan fingerprint density at radius 1 is 1.44 bits per heavy atom. The summed E-state index contributed by atoms with van der Waals surface area (Å²) in [6.45, 7) is 1.95. The van der Waals surface area contributed by atoms with E-state index in [0.717, 1.165) is 21.8 Å². The summed E-state index contributed by atoms with van der Waals surface area (Å²) >= 11 is 6.25. The van der Waals surface area contributed by atoms with Crippen LogP contribution in [-0.2, 0) is 0 Å². The topological polar surface area (TPSA) is 43.8 Å². The fraction of sp³-hybridized carbons (Fsp3) is 0.143. The minimum absolute atomic E-state index is 0.146. The molecule has 0 spiro atoms. The zero-order valence-corrected chi connectivity index (χ0v) is 10.7. The quantitative estimate of drug-likeness (QED) is 0.764. The molecule has 0 aliphatic heterocycles. The van der Waals surface area contributed by atoms with E-state index in [1.54, 1.807) is 6.20 Å². The molecule has 0 saturated carbocycles. The summed E-state index contributed by atoms with van der Waals surface area (Å²) in [6.07, 6.45) is 5.54. The smallest absolute Gasteiger partial charge is 0.0909 e. The fourth-order valence-electron chi connectivity index (χ4n) is 2.27. The molecule has 0 bridgehead atoms. The van der Waals surface area contributed by atoms with E-state index < -0.39 is 0 Å². The van der Waals surface area contributed by atoms with Crippen molar-refractivity contribution in [1.29, 1.82) is 0 Å². The summed E-state index contributed by atoms with van der Waals surface area (Å²) in [5, 5.41) is 2.78. The van der Waals surface area contributed by atoms with Gasteiger partial charge in [0.05, 0.1) is 22.2 Å². The van der Waals surface area contributed by atoms with Crippen molar-refractivity contribution in [3.63, 3.8) is 0 Å². The van der Waals surface area contributed by atoms with Crippen molar-refractivity contribution in [3.05, 3.63) is 48.1 Å². The molecule has 1 aromatic carbocycles. The number of aromatic nitrogens is 2. The molecule has 91 valence electrons. The van der Waals surface area contributed by atoms with Crippen molar-refractivity contribution in [2.75, 3.05) is 0 Å². The summed E-state index contributed by atoms with van der Waals surface area (Å²) in [7, 11) is 0. The third kappa shape index (κ3) is 1.59. The lowest BCUT2D eigenvalue weighted by Gasteiger charge is -2.14. The minimum Gasteiger partial charge on any atom is -0.331 e. The van der Waals surface area contributed by atoms with Crippen LogP contribution in [0.3, 0.4) is 0 Å². The fourth-order valence-corrected chi connectivity index (χ4v) is 2.54. The molecule has 0 amide bonds. The van der Waals surface area contributed by atoms with Crippen molar-refractivity contribution in [3.8, 4) is 0 Å². The number of pyridine rings is 1. The van der Waals surface area contributed by atoms with Crippen LogP contribution in [0.2, 0.25) is 5.02 Å². The molecular formula is C14H13ClN3. The summed E-state index contributed by atoms with van der Waals surface area (Å²) in [5.41, 5.74) is 7.98. The second kappa shape index (κ2) is 4.26. The summed E-state index contributed by atoms with van der Waals surface area (Å²) in [4.78, 5) is 4.34. The molecule has 0 saturated heterocycles. The molecule has 0 aliphatic carbocycles. The van der Waals surface area contributed by atoms with Gasteiger partial charge in [0.25, 0.3) is 0 Å². The Bertz CT molecular complexity index is 717. The van der Waals surface area contributed by atoms with Crippen LogP contribution in [0.4, 0.5) is 0 Å². The standard InChI is InChI=1S/C14H13ClN3/c1-2-12(16)18-7-5-9-8-11(15)13-10(14(9)18)4-3-6-17-13/h2-8,12H,16H2,1H3. The molecule has 1 atom stereocenters. The molecular weight excluding hydrogens is 246 g/mol. The van der Waals surface area contributed by atoms with Crippen LogP contribution in [0, 0.1) is 6.42 Å². The van der Waals surface area contributed by atoms with Gasteiger partial charge in [-0.1, -0.05) is 18.5 Å². The second-order valence-electron chi connectivity index (χ2n) is 4.24. The monoisotopic (exact) mass is 258 g/mol. The summed E-state index contributed by atoms with van der Waals surface area (Å²) in [6, 6.07) is 7.90. The van der Waals surface area contributed by atoms with Crippen LogP contribution in [0.25, 0.3) is 21.8 Å². The van der Waals surface area contributed by atoms with Crippen molar-refractivity contribution in [2.24, 2.45) is 5.73 Å². The Morgan fingerprint density at radius 2 is 2.28 bits per heavy atom. The number of hydrogen-bond donors (Lipinski definition) is 1. The lowest BCUT2D eigenvalue weighted by atomic mass is 10.1. The van der Waals surface area contributed by atoms with Gasteiger partial charge in [0, 0.05) is 23.2 Å². The van der Waals surface area contributed by atoms with Gasteiger partial charge in [0.2, 0.25) is 0 Å². The number of nitrogens with zero attached hydrogens (tertiary/aromatic N) is 2. The van der Waals surface area contributed by atoms with E-state index in [4.69, 9.17) is 17.3 Å². The van der Waals surface area contributed by atoms with Crippen LogP contribution in [0.5, 0.6) is 0 Å². The molecule has 0 fully saturated rings. The minimum atomic E-state index is -0.146.